The molecular formula is C15H25F3N2O. The number of hydrogen-bond donors (Lipinski definition) is 2. The van der Waals surface area contributed by atoms with Crippen molar-refractivity contribution in [2.45, 2.75) is 63.6 Å². The largest absolute Gasteiger partial charge is 0.391 e. The summed E-state index contributed by atoms with van der Waals surface area (Å²) in [4.78, 5) is 12.1. The van der Waals surface area contributed by atoms with E-state index in [1.54, 1.807) is 0 Å². The standard InChI is InChI=1S/C15H25F3N2O/c16-15(17,18)12-3-1-2-11(8-12)14(21)20-9-10-4-6-13(19)7-5-10/h10-13H,1-9,19H2,(H,20,21). The molecule has 2 aliphatic carbocycles. The molecule has 0 heterocycles. The molecule has 3 N–H and O–H groups in total. The van der Waals surface area contributed by atoms with E-state index in [2.05, 4.69) is 5.32 Å². The van der Waals surface area contributed by atoms with Crippen LogP contribution in [0.4, 0.5) is 13.2 Å². The first kappa shape index (κ1) is 16.6. The van der Waals surface area contributed by atoms with E-state index in [1.807, 2.05) is 0 Å². The van der Waals surface area contributed by atoms with Crippen molar-refractivity contribution in [3.05, 3.63) is 0 Å². The maximum absolute atomic E-state index is 12.7. The van der Waals surface area contributed by atoms with Crippen molar-refractivity contribution in [2.75, 3.05) is 6.54 Å². The second-order valence-corrected chi connectivity index (χ2v) is 6.63. The molecule has 2 rings (SSSR count). The van der Waals surface area contributed by atoms with Gasteiger partial charge in [0.15, 0.2) is 0 Å². The predicted molar refractivity (Wildman–Crippen MR) is 74.4 cm³/mol. The molecule has 0 bridgehead atoms. The normalized spacial score (nSPS) is 34.5. The van der Waals surface area contributed by atoms with E-state index >= 15 is 0 Å². The molecule has 0 spiro atoms. The molecule has 2 atom stereocenters. The molecule has 1 amide bonds. The average Bonchev–Trinajstić information content (AvgIpc) is 2.45. The third-order valence-electron chi connectivity index (χ3n) is 4.96. The van der Waals surface area contributed by atoms with Crippen LogP contribution in [0.2, 0.25) is 0 Å². The number of nitrogens with two attached hydrogens (primary N) is 1. The average molecular weight is 306 g/mol. The van der Waals surface area contributed by atoms with E-state index in [0.717, 1.165) is 25.7 Å². The number of halogens is 3. The molecule has 122 valence electrons. The van der Waals surface area contributed by atoms with Gasteiger partial charge in [0.1, 0.15) is 0 Å². The first-order valence-corrected chi connectivity index (χ1v) is 7.96. The Morgan fingerprint density at radius 3 is 2.38 bits per heavy atom. The zero-order valence-corrected chi connectivity index (χ0v) is 12.3. The summed E-state index contributed by atoms with van der Waals surface area (Å²) in [6, 6.07) is 0.267. The van der Waals surface area contributed by atoms with Gasteiger partial charge in [0, 0.05) is 18.5 Å². The number of carbonyl (C=O) groups excluding carboxylic acids is 1. The minimum atomic E-state index is -4.17. The molecular weight excluding hydrogens is 281 g/mol. The monoisotopic (exact) mass is 306 g/mol. The third kappa shape index (κ3) is 4.87. The van der Waals surface area contributed by atoms with Crippen LogP contribution in [0.3, 0.4) is 0 Å². The molecule has 2 unspecified atom stereocenters. The van der Waals surface area contributed by atoms with Gasteiger partial charge in [-0.3, -0.25) is 4.79 Å². The summed E-state index contributed by atoms with van der Waals surface area (Å²) in [7, 11) is 0. The lowest BCUT2D eigenvalue weighted by Gasteiger charge is -2.31. The Hall–Kier alpha value is -0.780. The van der Waals surface area contributed by atoms with Crippen molar-refractivity contribution in [2.24, 2.45) is 23.5 Å². The molecule has 0 aliphatic heterocycles. The lowest BCUT2D eigenvalue weighted by Crippen LogP contribution is -2.40. The maximum atomic E-state index is 12.7. The Morgan fingerprint density at radius 2 is 1.76 bits per heavy atom. The van der Waals surface area contributed by atoms with Gasteiger partial charge >= 0.3 is 6.18 Å². The minimum Gasteiger partial charge on any atom is -0.356 e. The fourth-order valence-electron chi connectivity index (χ4n) is 3.51. The van der Waals surface area contributed by atoms with Gasteiger partial charge in [-0.1, -0.05) is 6.42 Å². The molecule has 0 aromatic rings. The van der Waals surface area contributed by atoms with Gasteiger partial charge in [-0.25, -0.2) is 0 Å². The van der Waals surface area contributed by atoms with E-state index in [9.17, 15) is 18.0 Å². The Kier molecular flexibility index (Phi) is 5.52. The Bertz CT molecular complexity index is 351. The van der Waals surface area contributed by atoms with E-state index < -0.39 is 18.0 Å². The summed E-state index contributed by atoms with van der Waals surface area (Å²) in [5.41, 5.74) is 5.83. The summed E-state index contributed by atoms with van der Waals surface area (Å²) < 4.78 is 38.2. The van der Waals surface area contributed by atoms with Gasteiger partial charge in [0.05, 0.1) is 5.92 Å². The van der Waals surface area contributed by atoms with Crippen LogP contribution in [0.25, 0.3) is 0 Å². The second-order valence-electron chi connectivity index (χ2n) is 6.63. The highest BCUT2D eigenvalue weighted by Crippen LogP contribution is 2.40. The highest BCUT2D eigenvalue weighted by Gasteiger charge is 2.43. The lowest BCUT2D eigenvalue weighted by molar-refractivity contribution is -0.186. The number of rotatable bonds is 3. The molecule has 0 radical (unpaired) electrons. The molecule has 2 aliphatic rings. The lowest BCUT2D eigenvalue weighted by atomic mass is 9.80. The number of hydrogen-bond acceptors (Lipinski definition) is 2. The Morgan fingerprint density at radius 1 is 1.10 bits per heavy atom. The first-order valence-electron chi connectivity index (χ1n) is 7.96. The molecule has 21 heavy (non-hydrogen) atoms. The van der Waals surface area contributed by atoms with Gasteiger partial charge in [-0.15, -0.1) is 0 Å². The summed E-state index contributed by atoms with van der Waals surface area (Å²) in [6.45, 7) is 0.582. The zero-order chi connectivity index (χ0) is 15.5. The first-order chi connectivity index (χ1) is 9.86. The molecule has 6 heteroatoms. The third-order valence-corrected chi connectivity index (χ3v) is 4.96. The van der Waals surface area contributed by atoms with Crippen LogP contribution in [0.1, 0.15) is 51.4 Å². The van der Waals surface area contributed by atoms with E-state index in [1.165, 1.54) is 0 Å². The number of nitrogens with one attached hydrogen (secondary N) is 1. The van der Waals surface area contributed by atoms with Crippen LogP contribution in [0, 0.1) is 17.8 Å². The van der Waals surface area contributed by atoms with Crippen LogP contribution < -0.4 is 11.1 Å². The fraction of sp³-hybridized carbons (Fsp3) is 0.933. The van der Waals surface area contributed by atoms with Crippen molar-refractivity contribution in [3.8, 4) is 0 Å². The molecule has 3 nitrogen and oxygen atoms in total. The number of carbonyl (C=O) groups is 1. The van der Waals surface area contributed by atoms with Crippen LogP contribution in [0.15, 0.2) is 0 Å². The Balaban J connectivity index is 1.75. The minimum absolute atomic E-state index is 0.0507. The maximum Gasteiger partial charge on any atom is 0.391 e. The smallest absolute Gasteiger partial charge is 0.356 e. The highest BCUT2D eigenvalue weighted by molar-refractivity contribution is 5.78. The second kappa shape index (κ2) is 6.99. The van der Waals surface area contributed by atoms with Gasteiger partial charge in [0.25, 0.3) is 0 Å². The topological polar surface area (TPSA) is 55.1 Å². The van der Waals surface area contributed by atoms with Crippen molar-refractivity contribution < 1.29 is 18.0 Å². The molecule has 0 aromatic carbocycles. The van der Waals surface area contributed by atoms with Crippen LogP contribution in [0.5, 0.6) is 0 Å². The molecule has 2 fully saturated rings. The summed E-state index contributed by atoms with van der Waals surface area (Å²) in [6.07, 6.45) is 0.945. The Labute approximate surface area is 123 Å². The molecule has 0 saturated heterocycles. The van der Waals surface area contributed by atoms with Gasteiger partial charge < -0.3 is 11.1 Å². The SMILES string of the molecule is NC1CCC(CNC(=O)C2CCCC(C(F)(F)F)C2)CC1. The van der Waals surface area contributed by atoms with Gasteiger partial charge in [-0.05, 0) is 50.9 Å². The van der Waals surface area contributed by atoms with Crippen LogP contribution >= 0.6 is 0 Å². The predicted octanol–water partition coefficient (Wildman–Crippen LogP) is 2.99. The van der Waals surface area contributed by atoms with E-state index in [-0.39, 0.29) is 24.8 Å². The van der Waals surface area contributed by atoms with Crippen molar-refractivity contribution in [3.63, 3.8) is 0 Å². The summed E-state index contributed by atoms with van der Waals surface area (Å²) in [5, 5.41) is 2.86. The van der Waals surface area contributed by atoms with Crippen LogP contribution in [-0.4, -0.2) is 24.7 Å². The van der Waals surface area contributed by atoms with Crippen molar-refractivity contribution in [1.82, 2.24) is 5.32 Å². The fourth-order valence-corrected chi connectivity index (χ4v) is 3.51. The summed E-state index contributed by atoms with van der Waals surface area (Å²) in [5.74, 6) is -1.56. The highest BCUT2D eigenvalue weighted by atomic mass is 19.4. The number of amides is 1. The van der Waals surface area contributed by atoms with Crippen molar-refractivity contribution >= 4 is 5.91 Å². The van der Waals surface area contributed by atoms with E-state index in [0.29, 0.717) is 25.3 Å². The van der Waals surface area contributed by atoms with Gasteiger partial charge in [-0.2, -0.15) is 13.2 Å². The van der Waals surface area contributed by atoms with Crippen molar-refractivity contribution in [1.29, 1.82) is 0 Å². The van der Waals surface area contributed by atoms with Crippen LogP contribution in [-0.2, 0) is 4.79 Å². The zero-order valence-electron chi connectivity index (χ0n) is 12.3. The summed E-state index contributed by atoms with van der Waals surface area (Å²) >= 11 is 0. The number of alkyl halides is 3. The van der Waals surface area contributed by atoms with Gasteiger partial charge in [0.2, 0.25) is 5.91 Å². The molecule has 2 saturated carbocycles. The molecule has 0 aromatic heterocycles. The quantitative estimate of drug-likeness (QED) is 0.842. The van der Waals surface area contributed by atoms with E-state index in [4.69, 9.17) is 5.73 Å².